The minimum atomic E-state index is -1.05. The summed E-state index contributed by atoms with van der Waals surface area (Å²) in [5.74, 6) is -0.755. The van der Waals surface area contributed by atoms with E-state index in [9.17, 15) is 4.79 Å². The molecular formula is C13H13ClN2O3. The van der Waals surface area contributed by atoms with Gasteiger partial charge in [-0.3, -0.25) is 0 Å². The maximum atomic E-state index is 10.9. The summed E-state index contributed by atoms with van der Waals surface area (Å²) in [5.41, 5.74) is 1.01. The minimum Gasteiger partial charge on any atom is -0.478 e. The number of hydrogen-bond acceptors (Lipinski definition) is 4. The Balaban J connectivity index is 2.05. The van der Waals surface area contributed by atoms with E-state index in [-0.39, 0.29) is 18.2 Å². The summed E-state index contributed by atoms with van der Waals surface area (Å²) in [7, 11) is 0. The summed E-state index contributed by atoms with van der Waals surface area (Å²) < 4.78 is 4.92. The predicted octanol–water partition coefficient (Wildman–Crippen LogP) is 2.88. The van der Waals surface area contributed by atoms with Gasteiger partial charge in [-0.25, -0.2) is 4.79 Å². The van der Waals surface area contributed by atoms with Gasteiger partial charge in [0, 0.05) is 11.1 Å². The van der Waals surface area contributed by atoms with Crippen LogP contribution in [0.4, 0.5) is 0 Å². The second-order valence-corrected chi connectivity index (χ2v) is 4.50. The fourth-order valence-corrected chi connectivity index (χ4v) is 2.05. The summed E-state index contributed by atoms with van der Waals surface area (Å²) in [6.45, 7) is 2.21. The second-order valence-electron chi connectivity index (χ2n) is 4.09. The van der Waals surface area contributed by atoms with Gasteiger partial charge in [0.2, 0.25) is 0 Å². The molecule has 0 fully saturated rings. The first-order chi connectivity index (χ1) is 9.09. The van der Waals surface area contributed by atoms with E-state index in [2.05, 4.69) is 10.5 Å². The number of carboxylic acids is 1. The van der Waals surface area contributed by atoms with Gasteiger partial charge < -0.3 is 14.9 Å². The van der Waals surface area contributed by atoms with Crippen LogP contribution in [0.1, 0.15) is 34.6 Å². The Kier molecular flexibility index (Phi) is 4.19. The molecule has 0 bridgehead atoms. The molecule has 0 radical (unpaired) electrons. The zero-order valence-corrected chi connectivity index (χ0v) is 11.0. The van der Waals surface area contributed by atoms with E-state index in [0.717, 1.165) is 5.56 Å². The Hall–Kier alpha value is -1.85. The van der Waals surface area contributed by atoms with Crippen molar-refractivity contribution in [3.63, 3.8) is 0 Å². The van der Waals surface area contributed by atoms with Crippen molar-refractivity contribution in [3.8, 4) is 0 Å². The van der Waals surface area contributed by atoms with Crippen molar-refractivity contribution >= 4 is 17.6 Å². The van der Waals surface area contributed by atoms with Gasteiger partial charge in [-0.15, -0.1) is 0 Å². The smallest absolute Gasteiger partial charge is 0.341 e. The predicted molar refractivity (Wildman–Crippen MR) is 70.2 cm³/mol. The Bertz CT molecular complexity index is 583. The molecule has 5 nitrogen and oxygen atoms in total. The highest BCUT2D eigenvalue weighted by Gasteiger charge is 2.16. The fraction of sp³-hybridized carbons (Fsp3) is 0.231. The number of carbonyl (C=O) groups is 1. The number of hydrogen-bond donors (Lipinski definition) is 2. The molecule has 100 valence electrons. The highest BCUT2D eigenvalue weighted by atomic mass is 35.5. The zero-order chi connectivity index (χ0) is 13.8. The standard InChI is InChI=1S/C13H13ClN2O3/c1-8(9-4-2-3-5-11(9)14)15-7-12-10(13(17)18)6-16-19-12/h2-6,8,15H,7H2,1H3,(H,17,18)/t8-/m1/s1. The first-order valence-electron chi connectivity index (χ1n) is 5.74. The molecule has 0 aliphatic heterocycles. The van der Waals surface area contributed by atoms with Crippen molar-refractivity contribution < 1.29 is 14.4 Å². The molecule has 1 atom stereocenters. The van der Waals surface area contributed by atoms with Crippen LogP contribution in [0.3, 0.4) is 0 Å². The van der Waals surface area contributed by atoms with Crippen molar-refractivity contribution in [1.29, 1.82) is 0 Å². The maximum absolute atomic E-state index is 10.9. The number of nitrogens with zero attached hydrogens (tertiary/aromatic N) is 1. The molecule has 2 aromatic rings. The molecule has 2 rings (SSSR count). The molecule has 0 aliphatic rings. The largest absolute Gasteiger partial charge is 0.478 e. The van der Waals surface area contributed by atoms with E-state index in [1.54, 1.807) is 0 Å². The number of aromatic nitrogens is 1. The van der Waals surface area contributed by atoms with Crippen molar-refractivity contribution in [3.05, 3.63) is 52.4 Å². The van der Waals surface area contributed by atoms with E-state index in [4.69, 9.17) is 21.2 Å². The van der Waals surface area contributed by atoms with Crippen LogP contribution in [-0.4, -0.2) is 16.2 Å². The van der Waals surface area contributed by atoms with Crippen molar-refractivity contribution in [1.82, 2.24) is 10.5 Å². The van der Waals surface area contributed by atoms with Crippen LogP contribution in [0.25, 0.3) is 0 Å². The lowest BCUT2D eigenvalue weighted by Crippen LogP contribution is -2.19. The van der Waals surface area contributed by atoms with Gasteiger partial charge in [-0.2, -0.15) is 0 Å². The SMILES string of the molecule is C[C@@H](NCc1oncc1C(=O)O)c1ccccc1Cl. The highest BCUT2D eigenvalue weighted by molar-refractivity contribution is 6.31. The molecule has 0 saturated carbocycles. The molecule has 1 aromatic carbocycles. The van der Waals surface area contributed by atoms with Crippen LogP contribution >= 0.6 is 11.6 Å². The van der Waals surface area contributed by atoms with Gasteiger partial charge >= 0.3 is 5.97 Å². The van der Waals surface area contributed by atoms with Crippen molar-refractivity contribution in [2.24, 2.45) is 0 Å². The van der Waals surface area contributed by atoms with Crippen molar-refractivity contribution in [2.45, 2.75) is 19.5 Å². The zero-order valence-electron chi connectivity index (χ0n) is 10.3. The lowest BCUT2D eigenvalue weighted by Gasteiger charge is -2.14. The number of rotatable bonds is 5. The third kappa shape index (κ3) is 3.13. The van der Waals surface area contributed by atoms with Crippen LogP contribution in [0, 0.1) is 0 Å². The number of benzene rings is 1. The monoisotopic (exact) mass is 280 g/mol. The summed E-state index contributed by atoms with van der Waals surface area (Å²) >= 11 is 6.09. The van der Waals surface area contributed by atoms with Crippen LogP contribution in [-0.2, 0) is 6.54 Å². The molecule has 19 heavy (non-hydrogen) atoms. The van der Waals surface area contributed by atoms with E-state index >= 15 is 0 Å². The number of aromatic carboxylic acids is 1. The highest BCUT2D eigenvalue weighted by Crippen LogP contribution is 2.22. The molecule has 6 heteroatoms. The second kappa shape index (κ2) is 5.86. The van der Waals surface area contributed by atoms with Crippen LogP contribution in [0.15, 0.2) is 35.0 Å². The number of halogens is 1. The molecular weight excluding hydrogens is 268 g/mol. The van der Waals surface area contributed by atoms with Gasteiger partial charge in [-0.1, -0.05) is 35.0 Å². The third-order valence-corrected chi connectivity index (χ3v) is 3.16. The Morgan fingerprint density at radius 3 is 2.95 bits per heavy atom. The minimum absolute atomic E-state index is 0.0274. The molecule has 0 spiro atoms. The molecule has 0 unspecified atom stereocenters. The normalized spacial score (nSPS) is 12.3. The lowest BCUT2D eigenvalue weighted by atomic mass is 10.1. The van der Waals surface area contributed by atoms with E-state index in [0.29, 0.717) is 10.8 Å². The van der Waals surface area contributed by atoms with E-state index in [1.165, 1.54) is 6.20 Å². The lowest BCUT2D eigenvalue weighted by molar-refractivity contribution is 0.0694. The maximum Gasteiger partial charge on any atom is 0.341 e. The Labute approximate surface area is 115 Å². The van der Waals surface area contributed by atoms with E-state index < -0.39 is 5.97 Å². The fourth-order valence-electron chi connectivity index (χ4n) is 1.75. The topological polar surface area (TPSA) is 75.4 Å². The number of nitrogens with one attached hydrogen (secondary N) is 1. The van der Waals surface area contributed by atoms with Gasteiger partial charge in [0.05, 0.1) is 12.7 Å². The van der Waals surface area contributed by atoms with Crippen LogP contribution in [0.2, 0.25) is 5.02 Å². The Morgan fingerprint density at radius 2 is 2.26 bits per heavy atom. The molecule has 1 heterocycles. The first kappa shape index (κ1) is 13.6. The summed E-state index contributed by atoms with van der Waals surface area (Å²) in [6, 6.07) is 7.46. The van der Waals surface area contributed by atoms with Gasteiger partial charge in [0.15, 0.2) is 5.76 Å². The first-order valence-corrected chi connectivity index (χ1v) is 6.12. The summed E-state index contributed by atoms with van der Waals surface area (Å²) in [5, 5.41) is 16.2. The molecule has 0 saturated heterocycles. The van der Waals surface area contributed by atoms with E-state index in [1.807, 2.05) is 31.2 Å². The molecule has 0 amide bonds. The van der Waals surface area contributed by atoms with Gasteiger partial charge in [0.25, 0.3) is 0 Å². The Morgan fingerprint density at radius 1 is 1.53 bits per heavy atom. The van der Waals surface area contributed by atoms with Crippen LogP contribution in [0.5, 0.6) is 0 Å². The average molecular weight is 281 g/mol. The average Bonchev–Trinajstić information content (AvgIpc) is 2.85. The third-order valence-electron chi connectivity index (χ3n) is 2.82. The summed E-state index contributed by atoms with van der Waals surface area (Å²) in [6.07, 6.45) is 1.19. The van der Waals surface area contributed by atoms with Crippen LogP contribution < -0.4 is 5.32 Å². The quantitative estimate of drug-likeness (QED) is 0.881. The van der Waals surface area contributed by atoms with Gasteiger partial charge in [-0.05, 0) is 18.6 Å². The summed E-state index contributed by atoms with van der Waals surface area (Å²) in [4.78, 5) is 10.9. The van der Waals surface area contributed by atoms with Gasteiger partial charge in [0.1, 0.15) is 5.56 Å². The number of carboxylic acid groups (broad SMARTS) is 1. The van der Waals surface area contributed by atoms with Crippen molar-refractivity contribution in [2.75, 3.05) is 0 Å². The molecule has 1 aromatic heterocycles. The molecule has 0 aliphatic carbocycles. The molecule has 2 N–H and O–H groups in total.